The number of carbonyl (C=O) groups is 1. The van der Waals surface area contributed by atoms with Crippen LogP contribution in [0.2, 0.25) is 0 Å². The number of esters is 1. The van der Waals surface area contributed by atoms with Gasteiger partial charge < -0.3 is 10.5 Å². The predicted molar refractivity (Wildman–Crippen MR) is 55.2 cm³/mol. The number of hydrogen-bond donors (Lipinski definition) is 1. The summed E-state index contributed by atoms with van der Waals surface area (Å²) in [5, 5.41) is 0. The molecule has 1 rings (SSSR count). The van der Waals surface area contributed by atoms with Gasteiger partial charge in [-0.1, -0.05) is 6.07 Å². The first-order chi connectivity index (χ1) is 6.24. The van der Waals surface area contributed by atoms with E-state index < -0.39 is 12.0 Å². The van der Waals surface area contributed by atoms with Gasteiger partial charge in [0.25, 0.3) is 0 Å². The minimum absolute atomic E-state index is 0. The summed E-state index contributed by atoms with van der Waals surface area (Å²) in [6.07, 6.45) is 2.08. The molecular weight excluding hydrogens is 204 g/mol. The standard InChI is InChI=1S/C9H12N2O2.ClH/c1-13-9(12)8(10)6-7-4-2-3-5-11-7;/h2-5,8H,6,10H2,1H3;1H/t8-;/m0./s1. The molecule has 0 aromatic carbocycles. The molecule has 5 heteroatoms. The third kappa shape index (κ3) is 3.72. The van der Waals surface area contributed by atoms with Gasteiger partial charge in [0.2, 0.25) is 0 Å². The molecule has 1 aromatic heterocycles. The zero-order valence-electron chi connectivity index (χ0n) is 7.84. The van der Waals surface area contributed by atoms with Gasteiger partial charge in [-0.2, -0.15) is 0 Å². The van der Waals surface area contributed by atoms with Gasteiger partial charge in [0.05, 0.1) is 7.11 Å². The number of pyridine rings is 1. The van der Waals surface area contributed by atoms with Gasteiger partial charge in [0.15, 0.2) is 0 Å². The van der Waals surface area contributed by atoms with Crippen molar-refractivity contribution in [3.05, 3.63) is 30.1 Å². The lowest BCUT2D eigenvalue weighted by Crippen LogP contribution is -2.33. The smallest absolute Gasteiger partial charge is 0.323 e. The second-order valence-electron chi connectivity index (χ2n) is 2.65. The van der Waals surface area contributed by atoms with Crippen LogP contribution in [0.1, 0.15) is 5.69 Å². The molecule has 1 atom stereocenters. The highest BCUT2D eigenvalue weighted by molar-refractivity contribution is 5.85. The van der Waals surface area contributed by atoms with E-state index in [9.17, 15) is 4.79 Å². The quantitative estimate of drug-likeness (QED) is 0.750. The number of ether oxygens (including phenoxy) is 1. The zero-order chi connectivity index (χ0) is 9.68. The number of nitrogens with zero attached hydrogens (tertiary/aromatic N) is 1. The van der Waals surface area contributed by atoms with E-state index in [0.29, 0.717) is 6.42 Å². The van der Waals surface area contributed by atoms with Crippen molar-refractivity contribution in [2.45, 2.75) is 12.5 Å². The van der Waals surface area contributed by atoms with E-state index in [1.807, 2.05) is 18.2 Å². The van der Waals surface area contributed by atoms with E-state index in [2.05, 4.69) is 9.72 Å². The molecule has 1 aromatic rings. The number of halogens is 1. The average molecular weight is 217 g/mol. The predicted octanol–water partition coefficient (Wildman–Crippen LogP) is 0.546. The van der Waals surface area contributed by atoms with Gasteiger partial charge in [0, 0.05) is 18.3 Å². The molecule has 0 unspecified atom stereocenters. The van der Waals surface area contributed by atoms with Crippen LogP contribution in [0.5, 0.6) is 0 Å². The molecule has 0 aliphatic rings. The van der Waals surface area contributed by atoms with Crippen LogP contribution in [0.15, 0.2) is 24.4 Å². The van der Waals surface area contributed by atoms with Crippen molar-refractivity contribution in [1.29, 1.82) is 0 Å². The molecule has 14 heavy (non-hydrogen) atoms. The van der Waals surface area contributed by atoms with Crippen LogP contribution >= 0.6 is 12.4 Å². The molecule has 0 aliphatic heterocycles. The lowest BCUT2D eigenvalue weighted by molar-refractivity contribution is -0.142. The second kappa shape index (κ2) is 6.34. The van der Waals surface area contributed by atoms with E-state index in [1.54, 1.807) is 6.20 Å². The summed E-state index contributed by atoms with van der Waals surface area (Å²) in [5.74, 6) is -0.411. The van der Waals surface area contributed by atoms with Crippen molar-refractivity contribution >= 4 is 18.4 Å². The number of carbonyl (C=O) groups excluding carboxylic acids is 1. The molecule has 0 fully saturated rings. The SMILES string of the molecule is COC(=O)[C@@H](N)Cc1ccccn1.Cl. The molecule has 0 saturated heterocycles. The topological polar surface area (TPSA) is 65.2 Å². The van der Waals surface area contributed by atoms with Crippen molar-refractivity contribution in [2.75, 3.05) is 7.11 Å². The van der Waals surface area contributed by atoms with E-state index in [4.69, 9.17) is 5.73 Å². The van der Waals surface area contributed by atoms with E-state index in [0.717, 1.165) is 5.69 Å². The molecule has 0 spiro atoms. The van der Waals surface area contributed by atoms with Crippen LogP contribution in [0.25, 0.3) is 0 Å². The van der Waals surface area contributed by atoms with Crippen LogP contribution < -0.4 is 5.73 Å². The Bertz CT molecular complexity index is 279. The summed E-state index contributed by atoms with van der Waals surface area (Å²) < 4.78 is 4.49. The molecule has 78 valence electrons. The first-order valence-electron chi connectivity index (χ1n) is 3.97. The molecule has 0 bridgehead atoms. The molecule has 4 nitrogen and oxygen atoms in total. The number of methoxy groups -OCH3 is 1. The largest absolute Gasteiger partial charge is 0.468 e. The highest BCUT2D eigenvalue weighted by atomic mass is 35.5. The first-order valence-corrected chi connectivity index (χ1v) is 3.97. The highest BCUT2D eigenvalue weighted by Gasteiger charge is 2.14. The van der Waals surface area contributed by atoms with Crippen molar-refractivity contribution < 1.29 is 9.53 Å². The summed E-state index contributed by atoms with van der Waals surface area (Å²) in [6.45, 7) is 0. The maximum absolute atomic E-state index is 10.9. The molecular formula is C9H13ClN2O2. The highest BCUT2D eigenvalue weighted by Crippen LogP contribution is 1.98. The average Bonchev–Trinajstić information content (AvgIpc) is 2.18. The lowest BCUT2D eigenvalue weighted by Gasteiger charge is -2.07. The maximum atomic E-state index is 10.9. The van der Waals surface area contributed by atoms with Gasteiger partial charge >= 0.3 is 5.97 Å². The van der Waals surface area contributed by atoms with Crippen molar-refractivity contribution in [3.8, 4) is 0 Å². The Hall–Kier alpha value is -1.13. The molecule has 0 amide bonds. The summed E-state index contributed by atoms with van der Waals surface area (Å²) in [6, 6.07) is 4.86. The molecule has 1 heterocycles. The van der Waals surface area contributed by atoms with Gasteiger partial charge in [-0.05, 0) is 12.1 Å². The molecule has 0 saturated carbocycles. The summed E-state index contributed by atoms with van der Waals surface area (Å²) in [5.41, 5.74) is 6.34. The van der Waals surface area contributed by atoms with Crippen molar-refractivity contribution in [1.82, 2.24) is 4.98 Å². The first kappa shape index (κ1) is 12.9. The zero-order valence-corrected chi connectivity index (χ0v) is 8.66. The Kier molecular flexibility index (Phi) is 5.83. The fourth-order valence-corrected chi connectivity index (χ4v) is 0.979. The monoisotopic (exact) mass is 216 g/mol. The van der Waals surface area contributed by atoms with Crippen molar-refractivity contribution in [3.63, 3.8) is 0 Å². The van der Waals surface area contributed by atoms with Crippen LogP contribution in [-0.2, 0) is 16.0 Å². The fourth-order valence-electron chi connectivity index (χ4n) is 0.979. The van der Waals surface area contributed by atoms with Crippen LogP contribution in [-0.4, -0.2) is 24.1 Å². The van der Waals surface area contributed by atoms with Gasteiger partial charge in [-0.3, -0.25) is 9.78 Å². The number of aromatic nitrogens is 1. The molecule has 0 aliphatic carbocycles. The number of hydrogen-bond acceptors (Lipinski definition) is 4. The summed E-state index contributed by atoms with van der Waals surface area (Å²) >= 11 is 0. The van der Waals surface area contributed by atoms with Gasteiger partial charge in [-0.25, -0.2) is 0 Å². The van der Waals surface area contributed by atoms with E-state index in [1.165, 1.54) is 7.11 Å². The van der Waals surface area contributed by atoms with Crippen LogP contribution in [0.4, 0.5) is 0 Å². The third-order valence-corrected chi connectivity index (χ3v) is 1.66. The lowest BCUT2D eigenvalue weighted by atomic mass is 10.1. The number of rotatable bonds is 3. The maximum Gasteiger partial charge on any atom is 0.323 e. The van der Waals surface area contributed by atoms with E-state index in [-0.39, 0.29) is 12.4 Å². The van der Waals surface area contributed by atoms with Crippen LogP contribution in [0.3, 0.4) is 0 Å². The minimum Gasteiger partial charge on any atom is -0.468 e. The Labute approximate surface area is 88.9 Å². The fraction of sp³-hybridized carbons (Fsp3) is 0.333. The van der Waals surface area contributed by atoms with E-state index >= 15 is 0 Å². The second-order valence-corrected chi connectivity index (χ2v) is 2.65. The summed E-state index contributed by atoms with van der Waals surface area (Å²) in [4.78, 5) is 15.0. The van der Waals surface area contributed by atoms with Gasteiger partial charge in [-0.15, -0.1) is 12.4 Å². The van der Waals surface area contributed by atoms with Crippen LogP contribution in [0, 0.1) is 0 Å². The number of nitrogens with two attached hydrogens (primary N) is 1. The Balaban J connectivity index is 0.00000169. The minimum atomic E-state index is -0.625. The van der Waals surface area contributed by atoms with Gasteiger partial charge in [0.1, 0.15) is 6.04 Å². The normalized spacial score (nSPS) is 11.3. The Morgan fingerprint density at radius 2 is 2.36 bits per heavy atom. The third-order valence-electron chi connectivity index (χ3n) is 1.66. The Morgan fingerprint density at radius 1 is 1.64 bits per heavy atom. The summed E-state index contributed by atoms with van der Waals surface area (Å²) in [7, 11) is 1.32. The molecule has 0 radical (unpaired) electrons. The Morgan fingerprint density at radius 3 is 2.86 bits per heavy atom. The van der Waals surface area contributed by atoms with Crippen molar-refractivity contribution in [2.24, 2.45) is 5.73 Å². The molecule has 2 N–H and O–H groups in total.